The Bertz CT molecular complexity index is 1470. The molecule has 0 saturated heterocycles. The van der Waals surface area contributed by atoms with Crippen LogP contribution < -0.4 is 15.4 Å². The van der Waals surface area contributed by atoms with Crippen molar-refractivity contribution in [2.75, 3.05) is 5.32 Å². The summed E-state index contributed by atoms with van der Waals surface area (Å²) in [7, 11) is 0. The molecule has 36 heavy (non-hydrogen) atoms. The van der Waals surface area contributed by atoms with Gasteiger partial charge in [-0.05, 0) is 48.5 Å². The average molecular weight is 503 g/mol. The van der Waals surface area contributed by atoms with Gasteiger partial charge in [-0.3, -0.25) is 9.59 Å². The number of aromatic nitrogens is 3. The Balaban J connectivity index is 1.54. The van der Waals surface area contributed by atoms with Gasteiger partial charge in [0.15, 0.2) is 11.5 Å². The molecule has 4 rings (SSSR count). The van der Waals surface area contributed by atoms with E-state index in [9.17, 15) is 32.3 Å². The molecule has 2 amide bonds. The molecule has 2 aromatic heterocycles. The van der Waals surface area contributed by atoms with Crippen LogP contribution in [0.25, 0.3) is 16.9 Å². The van der Waals surface area contributed by atoms with Gasteiger partial charge in [-0.2, -0.15) is 5.10 Å². The molecule has 0 radical (unpaired) electrons. The molecule has 0 saturated carbocycles. The van der Waals surface area contributed by atoms with E-state index in [0.717, 1.165) is 18.2 Å². The molecular formula is C23H17F4N5O4. The number of aromatic hydroxyl groups is 1. The predicted octanol–water partition coefficient (Wildman–Crippen LogP) is 4.03. The highest BCUT2D eigenvalue weighted by Crippen LogP contribution is 2.27. The predicted molar refractivity (Wildman–Crippen MR) is 119 cm³/mol. The van der Waals surface area contributed by atoms with Gasteiger partial charge in [-0.25, -0.2) is 13.9 Å². The Kier molecular flexibility index (Phi) is 6.47. The zero-order chi connectivity index (χ0) is 26.0. The normalized spacial score (nSPS) is 11.4. The number of phenols is 1. The van der Waals surface area contributed by atoms with Crippen molar-refractivity contribution >= 4 is 23.3 Å². The number of imidazole rings is 1. The molecule has 3 N–H and O–H groups in total. The Hall–Kier alpha value is -4.68. The quantitative estimate of drug-likeness (QED) is 0.342. The first-order valence-corrected chi connectivity index (χ1v) is 10.3. The fraction of sp³-hybridized carbons (Fsp3) is 0.130. The zero-order valence-corrected chi connectivity index (χ0v) is 18.4. The fourth-order valence-electron chi connectivity index (χ4n) is 3.31. The molecular weight excluding hydrogens is 486 g/mol. The monoisotopic (exact) mass is 503 g/mol. The summed E-state index contributed by atoms with van der Waals surface area (Å²) in [4.78, 5) is 28.1. The van der Waals surface area contributed by atoms with Gasteiger partial charge in [0.25, 0.3) is 5.91 Å². The lowest BCUT2D eigenvalue weighted by atomic mass is 10.1. The van der Waals surface area contributed by atoms with Crippen LogP contribution in [0.15, 0.2) is 54.7 Å². The number of fused-ring (bicyclic) bond motifs is 1. The molecule has 9 nitrogen and oxygen atoms in total. The van der Waals surface area contributed by atoms with Crippen molar-refractivity contribution < 1.29 is 37.0 Å². The van der Waals surface area contributed by atoms with Crippen molar-refractivity contribution in [1.29, 1.82) is 0 Å². The van der Waals surface area contributed by atoms with Crippen molar-refractivity contribution in [2.45, 2.75) is 19.8 Å². The average Bonchev–Trinajstić information content (AvgIpc) is 3.19. The summed E-state index contributed by atoms with van der Waals surface area (Å²) in [5.41, 5.74) is 0.899. The topological polar surface area (TPSA) is 118 Å². The second kappa shape index (κ2) is 9.52. The molecule has 0 unspecified atom stereocenters. The van der Waals surface area contributed by atoms with E-state index in [1.54, 1.807) is 12.1 Å². The highest BCUT2D eigenvalue weighted by molar-refractivity contribution is 5.98. The highest BCUT2D eigenvalue weighted by Gasteiger charge is 2.31. The molecule has 2 heterocycles. The van der Waals surface area contributed by atoms with Gasteiger partial charge in [0, 0.05) is 24.6 Å². The van der Waals surface area contributed by atoms with E-state index < -0.39 is 30.4 Å². The molecule has 0 aliphatic heterocycles. The molecule has 0 fully saturated rings. The third kappa shape index (κ3) is 5.68. The van der Waals surface area contributed by atoms with Gasteiger partial charge in [0.2, 0.25) is 5.91 Å². The van der Waals surface area contributed by atoms with Crippen LogP contribution in [0.2, 0.25) is 0 Å². The Morgan fingerprint density at radius 1 is 1.11 bits per heavy atom. The summed E-state index contributed by atoms with van der Waals surface area (Å²) in [6.07, 6.45) is -3.46. The van der Waals surface area contributed by atoms with E-state index in [1.807, 2.05) is 0 Å². The summed E-state index contributed by atoms with van der Waals surface area (Å²) < 4.78 is 56.5. The van der Waals surface area contributed by atoms with Gasteiger partial charge in [0.1, 0.15) is 17.3 Å². The zero-order valence-electron chi connectivity index (χ0n) is 18.4. The second-order valence-electron chi connectivity index (χ2n) is 7.54. The van der Waals surface area contributed by atoms with Crippen LogP contribution in [-0.4, -0.2) is 37.9 Å². The van der Waals surface area contributed by atoms with E-state index in [-0.39, 0.29) is 22.8 Å². The summed E-state index contributed by atoms with van der Waals surface area (Å²) in [6, 6.07) is 9.81. The number of benzene rings is 2. The van der Waals surface area contributed by atoms with Gasteiger partial charge >= 0.3 is 6.36 Å². The first-order valence-electron chi connectivity index (χ1n) is 10.3. The van der Waals surface area contributed by atoms with Gasteiger partial charge < -0.3 is 20.5 Å². The number of phenolic OH excluding ortho intramolecular Hbond substituents is 1. The second-order valence-corrected chi connectivity index (χ2v) is 7.54. The summed E-state index contributed by atoms with van der Waals surface area (Å²) in [5.74, 6) is -2.66. The van der Waals surface area contributed by atoms with Crippen LogP contribution >= 0.6 is 0 Å². The lowest BCUT2D eigenvalue weighted by molar-refractivity contribution is -0.274. The lowest BCUT2D eigenvalue weighted by Gasteiger charge is -2.12. The van der Waals surface area contributed by atoms with E-state index in [0.29, 0.717) is 22.7 Å². The number of ether oxygens (including phenoxy) is 1. The third-order valence-electron chi connectivity index (χ3n) is 4.85. The third-order valence-corrected chi connectivity index (χ3v) is 4.85. The van der Waals surface area contributed by atoms with E-state index in [4.69, 9.17) is 0 Å². The number of carbonyl (C=O) groups excluding carboxylic acids is 2. The summed E-state index contributed by atoms with van der Waals surface area (Å²) in [5, 5.41) is 19.5. The maximum Gasteiger partial charge on any atom is 0.573 e. The van der Waals surface area contributed by atoms with Crippen LogP contribution in [0.1, 0.15) is 22.8 Å². The Morgan fingerprint density at radius 2 is 1.89 bits per heavy atom. The molecule has 0 aliphatic carbocycles. The van der Waals surface area contributed by atoms with Crippen molar-refractivity contribution in [3.05, 3.63) is 71.7 Å². The molecule has 2 aromatic carbocycles. The van der Waals surface area contributed by atoms with Gasteiger partial charge in [-0.15, -0.1) is 13.2 Å². The Labute approximate surface area is 200 Å². The molecule has 4 aromatic rings. The standard InChI is InChI=1S/C23H17F4N5O4/c1-12(33)29-20-11-32-21(30-20)7-5-18(31-32)13-2-6-19(34)16(9-13)22(35)28-10-14-8-15(3-4-17(14)24)36-23(25,26)27/h2-9,11,34H,10H2,1H3,(H,28,35)(H,29,33). The van der Waals surface area contributed by atoms with Crippen LogP contribution in [0.5, 0.6) is 11.5 Å². The van der Waals surface area contributed by atoms with Crippen LogP contribution in [0, 0.1) is 5.82 Å². The van der Waals surface area contributed by atoms with Gasteiger partial charge in [0.05, 0.1) is 17.5 Å². The lowest BCUT2D eigenvalue weighted by Crippen LogP contribution is -2.24. The number of hydrogen-bond acceptors (Lipinski definition) is 6. The van der Waals surface area contributed by atoms with Crippen molar-refractivity contribution in [2.24, 2.45) is 0 Å². The minimum atomic E-state index is -4.95. The molecule has 0 aliphatic rings. The fourth-order valence-corrected chi connectivity index (χ4v) is 3.31. The van der Waals surface area contributed by atoms with Crippen LogP contribution in [-0.2, 0) is 11.3 Å². The number of amides is 2. The van der Waals surface area contributed by atoms with Crippen LogP contribution in [0.4, 0.5) is 23.4 Å². The number of nitrogens with one attached hydrogen (secondary N) is 2. The van der Waals surface area contributed by atoms with Gasteiger partial charge in [-0.1, -0.05) is 0 Å². The number of rotatable bonds is 6. The van der Waals surface area contributed by atoms with E-state index in [1.165, 1.54) is 35.8 Å². The molecule has 0 bridgehead atoms. The van der Waals surface area contributed by atoms with E-state index >= 15 is 0 Å². The maximum atomic E-state index is 14.0. The minimum Gasteiger partial charge on any atom is -0.507 e. The molecule has 13 heteroatoms. The number of nitrogens with zero attached hydrogens (tertiary/aromatic N) is 3. The SMILES string of the molecule is CC(=O)Nc1cn2nc(-c3ccc(O)c(C(=O)NCc4cc(OC(F)(F)F)ccc4F)c3)ccc2n1. The van der Waals surface area contributed by atoms with Crippen molar-refractivity contribution in [3.8, 4) is 22.8 Å². The molecule has 0 atom stereocenters. The smallest absolute Gasteiger partial charge is 0.507 e. The number of anilines is 1. The number of carbonyl (C=O) groups is 2. The van der Waals surface area contributed by atoms with E-state index in [2.05, 4.69) is 25.5 Å². The minimum absolute atomic E-state index is 0.165. The number of halogens is 4. The number of alkyl halides is 3. The molecule has 186 valence electrons. The number of hydrogen-bond donors (Lipinski definition) is 3. The Morgan fingerprint density at radius 3 is 2.61 bits per heavy atom. The van der Waals surface area contributed by atoms with Crippen molar-refractivity contribution in [3.63, 3.8) is 0 Å². The first kappa shape index (κ1) is 24.4. The molecule has 0 spiro atoms. The summed E-state index contributed by atoms with van der Waals surface area (Å²) in [6.45, 7) is 0.877. The van der Waals surface area contributed by atoms with Crippen molar-refractivity contribution in [1.82, 2.24) is 19.9 Å². The highest BCUT2D eigenvalue weighted by atomic mass is 19.4. The largest absolute Gasteiger partial charge is 0.573 e. The summed E-state index contributed by atoms with van der Waals surface area (Å²) >= 11 is 0. The first-order chi connectivity index (χ1) is 17.0. The van der Waals surface area contributed by atoms with Crippen LogP contribution in [0.3, 0.4) is 0 Å². The maximum absolute atomic E-state index is 14.0.